The van der Waals surface area contributed by atoms with E-state index in [-0.39, 0.29) is 32.3 Å². The van der Waals surface area contributed by atoms with Crippen molar-refractivity contribution in [1.29, 1.82) is 0 Å². The molecule has 408 valence electrons. The summed E-state index contributed by atoms with van der Waals surface area (Å²) in [5, 5.41) is 1.33. The second kappa shape index (κ2) is 25.9. The predicted octanol–water partition coefficient (Wildman–Crippen LogP) is 10.0. The number of alkyl halides is 12. The molecule has 4 heterocycles. The molecular formula is C43H53Cl3F12N6O8. The highest BCUT2D eigenvalue weighted by Crippen LogP contribution is 2.38. The average Bonchev–Trinajstić information content (AvgIpc) is 3.28. The highest BCUT2D eigenvalue weighted by molar-refractivity contribution is 6.61. The maximum absolute atomic E-state index is 12.6. The summed E-state index contributed by atoms with van der Waals surface area (Å²) in [6.07, 6.45) is -33.1. The molecule has 4 fully saturated rings. The van der Waals surface area contributed by atoms with Crippen molar-refractivity contribution in [1.82, 2.24) is 19.6 Å². The van der Waals surface area contributed by atoms with Gasteiger partial charge in [0.1, 0.15) is 5.60 Å². The number of hydrogen-bond acceptors (Lipinski definition) is 12. The van der Waals surface area contributed by atoms with E-state index in [1.807, 2.05) is 43.9 Å². The van der Waals surface area contributed by atoms with E-state index in [1.165, 1.54) is 11.3 Å². The molecule has 0 atom stereocenters. The minimum absolute atomic E-state index is 0.0538. The van der Waals surface area contributed by atoms with Crippen LogP contribution in [0.15, 0.2) is 36.4 Å². The number of halogens is 15. The Morgan fingerprint density at radius 3 is 1.17 bits per heavy atom. The van der Waals surface area contributed by atoms with Crippen LogP contribution in [0.25, 0.3) is 0 Å². The van der Waals surface area contributed by atoms with Crippen LogP contribution in [0.3, 0.4) is 0 Å². The molecule has 0 radical (unpaired) electrons. The molecule has 4 aliphatic rings. The zero-order valence-corrected chi connectivity index (χ0v) is 41.2. The fourth-order valence-corrected chi connectivity index (χ4v) is 7.85. The molecule has 2 aromatic rings. The number of piperazine rings is 2. The summed E-state index contributed by atoms with van der Waals surface area (Å²) >= 11 is 16.6. The van der Waals surface area contributed by atoms with Crippen LogP contribution in [0.5, 0.6) is 0 Å². The monoisotopic (exact) mass is 1110 g/mol. The van der Waals surface area contributed by atoms with E-state index in [4.69, 9.17) is 37.4 Å². The number of hydrogen-bond donors (Lipinski definition) is 0. The lowest BCUT2D eigenvalue weighted by Gasteiger charge is -2.37. The first kappa shape index (κ1) is 60.5. The predicted molar refractivity (Wildman–Crippen MR) is 240 cm³/mol. The van der Waals surface area contributed by atoms with Gasteiger partial charge < -0.3 is 43.3 Å². The third-order valence-corrected chi connectivity index (χ3v) is 11.4. The Hall–Kier alpha value is -4.08. The molecule has 72 heavy (non-hydrogen) atoms. The zero-order valence-electron chi connectivity index (χ0n) is 39.0. The lowest BCUT2D eigenvalue weighted by molar-refractivity contribution is -0.308. The van der Waals surface area contributed by atoms with Crippen molar-refractivity contribution in [3.05, 3.63) is 57.6 Å². The van der Waals surface area contributed by atoms with Gasteiger partial charge in [-0.3, -0.25) is 9.80 Å². The smallest absolute Gasteiger partial charge is 0.434 e. The molecule has 0 bridgehead atoms. The van der Waals surface area contributed by atoms with Gasteiger partial charge in [0.15, 0.2) is 0 Å². The van der Waals surface area contributed by atoms with Crippen molar-refractivity contribution in [2.24, 2.45) is 0 Å². The molecule has 4 saturated heterocycles. The van der Waals surface area contributed by atoms with Gasteiger partial charge in [-0.2, -0.15) is 52.7 Å². The number of nitrogens with zero attached hydrogens (tertiary/aromatic N) is 6. The highest BCUT2D eigenvalue weighted by Gasteiger charge is 2.61. The van der Waals surface area contributed by atoms with Crippen molar-refractivity contribution < 1.29 is 90.8 Å². The van der Waals surface area contributed by atoms with Crippen LogP contribution in [0.1, 0.15) is 31.9 Å². The molecule has 2 amide bonds. The summed E-state index contributed by atoms with van der Waals surface area (Å²) in [6, 6.07) is 11.6. The number of amides is 2. The maximum Gasteiger partial charge on any atom is 0.434 e. The third-order valence-electron chi connectivity index (χ3n) is 10.9. The van der Waals surface area contributed by atoms with Gasteiger partial charge in [0.2, 0.25) is 0 Å². The van der Waals surface area contributed by atoms with Gasteiger partial charge in [-0.1, -0.05) is 35.3 Å². The van der Waals surface area contributed by atoms with Crippen LogP contribution < -0.4 is 9.80 Å². The van der Waals surface area contributed by atoms with Gasteiger partial charge in [-0.15, -0.1) is 0 Å². The van der Waals surface area contributed by atoms with Crippen LogP contribution in [-0.4, -0.2) is 185 Å². The van der Waals surface area contributed by atoms with E-state index in [1.54, 1.807) is 11.0 Å². The number of carbonyl (C=O) groups excluding carboxylic acids is 3. The number of benzene rings is 2. The van der Waals surface area contributed by atoms with Crippen LogP contribution in [0.4, 0.5) is 78.4 Å². The van der Waals surface area contributed by atoms with Crippen LogP contribution in [-0.2, 0) is 36.8 Å². The van der Waals surface area contributed by atoms with Crippen LogP contribution in [0, 0.1) is 0 Å². The van der Waals surface area contributed by atoms with Crippen LogP contribution >= 0.6 is 34.8 Å². The molecule has 0 aromatic heterocycles. The number of ether oxygens (including phenoxy) is 5. The van der Waals surface area contributed by atoms with Crippen molar-refractivity contribution in [2.45, 2.75) is 76.4 Å². The van der Waals surface area contributed by atoms with E-state index in [0.29, 0.717) is 51.0 Å². The van der Waals surface area contributed by atoms with Crippen molar-refractivity contribution >= 4 is 63.8 Å². The minimum Gasteiger partial charge on any atom is -0.444 e. The number of rotatable bonds is 8. The van der Waals surface area contributed by atoms with E-state index >= 15 is 0 Å². The molecular weight excluding hydrogens is 1060 g/mol. The first-order valence-electron chi connectivity index (χ1n) is 22.0. The SMILES string of the molecule is CC(C)(C)OC(=O)N1CCN(Cc2ccc(Cl)cc2N2CCOCC2)CC1.O=C(Cl)OC(C(F)(F)F)C(F)(F)F.O=C(OC(C(F)(F)F)C(F)(F)F)N1CCN(Cc2ccc(Cl)cc2N2CCOCC2)CC1. The molecule has 4 aliphatic heterocycles. The van der Waals surface area contributed by atoms with Crippen molar-refractivity contribution in [3.63, 3.8) is 0 Å². The Labute approximate surface area is 421 Å². The molecule has 6 rings (SSSR count). The highest BCUT2D eigenvalue weighted by atomic mass is 35.5. The van der Waals surface area contributed by atoms with Gasteiger partial charge in [-0.25, -0.2) is 14.4 Å². The fraction of sp³-hybridized carbons (Fsp3) is 0.651. The standard InChI is InChI=1S/C20H30ClN3O3.C19H22ClF6N3O3.C4HClF6O2/c1-20(2,3)27-19(25)24-8-6-22(7-9-24)15-16-4-5-17(21)14-18(16)23-10-12-26-13-11-23;20-14-2-1-13(15(11-14)28-7-9-31-10-8-28)12-27-3-5-29(6-4-27)17(30)32-16(18(21,22)23)19(24,25)26;5-2(12)13-1(3(6,7)8)4(9,10)11/h4-5,14H,6-13,15H2,1-3H3;1-2,11,16H,3-10,12H2;1H. The number of anilines is 2. The summed E-state index contributed by atoms with van der Waals surface area (Å²) in [6.45, 7) is 16.4. The van der Waals surface area contributed by atoms with Gasteiger partial charge in [0.05, 0.1) is 26.4 Å². The second-order valence-corrected chi connectivity index (χ2v) is 18.6. The van der Waals surface area contributed by atoms with E-state index in [9.17, 15) is 67.1 Å². The molecule has 29 heteroatoms. The maximum atomic E-state index is 12.6. The zero-order chi connectivity index (χ0) is 53.8. The Morgan fingerprint density at radius 1 is 0.528 bits per heavy atom. The molecule has 14 nitrogen and oxygen atoms in total. The van der Waals surface area contributed by atoms with Crippen molar-refractivity contribution in [2.75, 3.05) is 115 Å². The Balaban J connectivity index is 0.000000255. The summed E-state index contributed by atoms with van der Waals surface area (Å²) in [5.41, 5.74) is 1.76. The topological polar surface area (TPSA) is 117 Å². The second-order valence-electron chi connectivity index (χ2n) is 17.4. The van der Waals surface area contributed by atoms with Crippen LogP contribution in [0.2, 0.25) is 10.0 Å². The summed E-state index contributed by atoms with van der Waals surface area (Å²) in [5.74, 6) is 0. The van der Waals surface area contributed by atoms with E-state index in [2.05, 4.69) is 47.9 Å². The minimum atomic E-state index is -5.74. The average molecular weight is 1120 g/mol. The lowest BCUT2D eigenvalue weighted by atomic mass is 10.1. The van der Waals surface area contributed by atoms with Gasteiger partial charge in [0.25, 0.3) is 12.2 Å². The summed E-state index contributed by atoms with van der Waals surface area (Å²) in [7, 11) is 0. The number of morpholine rings is 2. The van der Waals surface area contributed by atoms with Crippen molar-refractivity contribution in [3.8, 4) is 0 Å². The Kier molecular flexibility index (Phi) is 21.8. The van der Waals surface area contributed by atoms with E-state index in [0.717, 1.165) is 67.1 Å². The molecule has 0 saturated carbocycles. The Bertz CT molecular complexity index is 2050. The molecule has 0 unspecified atom stereocenters. The first-order valence-corrected chi connectivity index (χ1v) is 23.2. The first-order chi connectivity index (χ1) is 33.3. The summed E-state index contributed by atoms with van der Waals surface area (Å²) < 4.78 is 168. The summed E-state index contributed by atoms with van der Waals surface area (Å²) in [4.78, 5) is 45.3. The molecule has 0 aliphatic carbocycles. The normalized spacial score (nSPS) is 18.0. The third kappa shape index (κ3) is 19.6. The largest absolute Gasteiger partial charge is 0.444 e. The Morgan fingerprint density at radius 2 is 0.861 bits per heavy atom. The van der Waals surface area contributed by atoms with Gasteiger partial charge in [-0.05, 0) is 56.2 Å². The van der Waals surface area contributed by atoms with Gasteiger partial charge >= 0.3 is 42.3 Å². The lowest BCUT2D eigenvalue weighted by Crippen LogP contribution is -2.52. The number of carbonyl (C=O) groups is 3. The van der Waals surface area contributed by atoms with E-state index < -0.39 is 54.0 Å². The fourth-order valence-electron chi connectivity index (χ4n) is 7.43. The molecule has 0 N–H and O–H groups in total. The molecule has 2 aromatic carbocycles. The molecule has 0 spiro atoms. The van der Waals surface area contributed by atoms with Gasteiger partial charge in [0, 0.05) is 125 Å². The quantitative estimate of drug-likeness (QED) is 0.142.